The lowest BCUT2D eigenvalue weighted by Gasteiger charge is -2.44. The van der Waals surface area contributed by atoms with Gasteiger partial charge >= 0.3 is 0 Å². The molecule has 10 heteroatoms. The maximum Gasteiger partial charge on any atom is 0.224 e. The maximum absolute atomic E-state index is 12.2. The van der Waals surface area contributed by atoms with E-state index in [0.29, 0.717) is 13.0 Å². The van der Waals surface area contributed by atoms with Crippen molar-refractivity contribution in [3.63, 3.8) is 0 Å². The first-order valence-electron chi connectivity index (χ1n) is 10.0. The van der Waals surface area contributed by atoms with E-state index in [-0.39, 0.29) is 24.4 Å². The average Bonchev–Trinajstić information content (AvgIpc) is 2.90. The summed E-state index contributed by atoms with van der Waals surface area (Å²) in [4.78, 5) is 14.3. The molecule has 0 aromatic rings. The maximum atomic E-state index is 12.2. The lowest BCUT2D eigenvalue weighted by Crippen LogP contribution is -2.72. The smallest absolute Gasteiger partial charge is 0.224 e. The highest BCUT2D eigenvalue weighted by Crippen LogP contribution is 2.25. The van der Waals surface area contributed by atoms with Crippen LogP contribution in [-0.2, 0) is 14.6 Å². The molecular weight excluding hydrogens is 368 g/mol. The molecule has 156 valence electrons. The van der Waals surface area contributed by atoms with Gasteiger partial charge in [0, 0.05) is 38.5 Å². The van der Waals surface area contributed by atoms with E-state index < -0.39 is 21.0 Å². The summed E-state index contributed by atoms with van der Waals surface area (Å²) >= 11 is 0. The van der Waals surface area contributed by atoms with Crippen LogP contribution in [0, 0.1) is 5.92 Å². The Labute approximate surface area is 162 Å². The summed E-state index contributed by atoms with van der Waals surface area (Å²) in [7, 11) is -3.14. The van der Waals surface area contributed by atoms with Gasteiger partial charge in [-0.1, -0.05) is 12.8 Å². The molecule has 0 aromatic carbocycles. The quantitative estimate of drug-likeness (QED) is 0.362. The predicted octanol–water partition coefficient (Wildman–Crippen LogP) is -1.87. The van der Waals surface area contributed by atoms with Crippen molar-refractivity contribution < 1.29 is 13.2 Å². The van der Waals surface area contributed by atoms with Gasteiger partial charge in [-0.05, 0) is 25.8 Å². The van der Waals surface area contributed by atoms with Crippen LogP contribution in [0.4, 0.5) is 0 Å². The van der Waals surface area contributed by atoms with Crippen molar-refractivity contribution in [2.45, 2.75) is 55.9 Å². The van der Waals surface area contributed by atoms with Crippen molar-refractivity contribution in [3.05, 3.63) is 0 Å². The number of amides is 1. The molecule has 0 radical (unpaired) electrons. The van der Waals surface area contributed by atoms with Gasteiger partial charge in [-0.15, -0.1) is 0 Å². The highest BCUT2D eigenvalue weighted by atomic mass is 32.2. The number of carbonyl (C=O) groups is 1. The molecule has 1 amide bonds. The van der Waals surface area contributed by atoms with Gasteiger partial charge in [0.25, 0.3) is 0 Å². The number of hydrogen-bond donors (Lipinski definition) is 5. The molecule has 9 nitrogen and oxygen atoms in total. The standard InChI is InChI=1S/C17H34N6O3S/c1-27(25,26)14-6-3-2-5-13(14)21-16-12(15(18)24)11-20-17(22-16)23-9-4-7-19-8-10-23/h12-14,16-17,19-22H,2-11H2,1H3,(H2,18,24). The summed E-state index contributed by atoms with van der Waals surface area (Å²) < 4.78 is 24.4. The van der Waals surface area contributed by atoms with Crippen molar-refractivity contribution in [2.75, 3.05) is 39.0 Å². The van der Waals surface area contributed by atoms with E-state index in [1.807, 2.05) is 0 Å². The minimum atomic E-state index is -3.14. The van der Waals surface area contributed by atoms with Crippen LogP contribution in [0.2, 0.25) is 0 Å². The van der Waals surface area contributed by atoms with Crippen molar-refractivity contribution in [1.82, 2.24) is 26.2 Å². The zero-order valence-electron chi connectivity index (χ0n) is 16.1. The van der Waals surface area contributed by atoms with Crippen LogP contribution in [0.25, 0.3) is 0 Å². The molecule has 5 unspecified atom stereocenters. The van der Waals surface area contributed by atoms with Crippen LogP contribution in [-0.4, -0.2) is 82.0 Å². The minimum Gasteiger partial charge on any atom is -0.369 e. The van der Waals surface area contributed by atoms with Gasteiger partial charge in [0.15, 0.2) is 9.84 Å². The third kappa shape index (κ3) is 5.39. The normalized spacial score (nSPS) is 36.9. The number of nitrogens with two attached hydrogens (primary N) is 1. The number of nitrogens with one attached hydrogen (secondary N) is 4. The Morgan fingerprint density at radius 3 is 2.67 bits per heavy atom. The lowest BCUT2D eigenvalue weighted by molar-refractivity contribution is -0.124. The Kier molecular flexibility index (Phi) is 7.09. The first-order chi connectivity index (χ1) is 12.9. The van der Waals surface area contributed by atoms with Crippen LogP contribution in [0.15, 0.2) is 0 Å². The Morgan fingerprint density at radius 1 is 1.15 bits per heavy atom. The van der Waals surface area contributed by atoms with Crippen LogP contribution in [0.3, 0.4) is 0 Å². The number of primary amides is 1. The van der Waals surface area contributed by atoms with Crippen LogP contribution in [0.5, 0.6) is 0 Å². The molecule has 1 saturated carbocycles. The summed E-state index contributed by atoms with van der Waals surface area (Å²) in [6, 6.07) is -0.155. The Balaban J connectivity index is 1.71. The van der Waals surface area contributed by atoms with Crippen LogP contribution < -0.4 is 27.0 Å². The Morgan fingerprint density at radius 2 is 1.93 bits per heavy atom. The van der Waals surface area contributed by atoms with E-state index in [2.05, 4.69) is 26.2 Å². The zero-order valence-corrected chi connectivity index (χ0v) is 16.9. The van der Waals surface area contributed by atoms with Gasteiger partial charge in [-0.3, -0.25) is 25.6 Å². The number of nitrogens with zero attached hydrogens (tertiary/aromatic N) is 1. The van der Waals surface area contributed by atoms with Gasteiger partial charge in [-0.25, -0.2) is 8.42 Å². The zero-order chi connectivity index (χ0) is 19.4. The second kappa shape index (κ2) is 9.15. The van der Waals surface area contributed by atoms with E-state index in [4.69, 9.17) is 5.73 Å². The summed E-state index contributed by atoms with van der Waals surface area (Å²) in [5, 5.41) is 13.3. The highest BCUT2D eigenvalue weighted by molar-refractivity contribution is 7.91. The third-order valence-corrected chi connectivity index (χ3v) is 7.69. The molecule has 0 aromatic heterocycles. The number of carbonyl (C=O) groups excluding carboxylic acids is 1. The molecule has 3 aliphatic rings. The first-order valence-corrected chi connectivity index (χ1v) is 12.0. The van der Waals surface area contributed by atoms with Gasteiger partial charge in [-0.2, -0.15) is 0 Å². The van der Waals surface area contributed by atoms with Crippen molar-refractivity contribution in [1.29, 1.82) is 0 Å². The molecule has 6 N–H and O–H groups in total. The molecule has 2 heterocycles. The van der Waals surface area contributed by atoms with E-state index in [1.165, 1.54) is 6.26 Å². The molecule has 0 bridgehead atoms. The Hall–Kier alpha value is -0.780. The first kappa shape index (κ1) is 20.9. The molecule has 2 saturated heterocycles. The topological polar surface area (TPSA) is 129 Å². The SMILES string of the molecule is CS(=O)(=O)C1CCCCC1NC1NC(N2CCCNCC2)NCC1C(N)=O. The third-order valence-electron chi connectivity index (χ3n) is 6.02. The molecule has 5 atom stereocenters. The summed E-state index contributed by atoms with van der Waals surface area (Å²) in [5.74, 6) is -0.802. The average molecular weight is 403 g/mol. The largest absolute Gasteiger partial charge is 0.369 e. The van der Waals surface area contributed by atoms with E-state index in [1.54, 1.807) is 0 Å². The molecule has 27 heavy (non-hydrogen) atoms. The predicted molar refractivity (Wildman–Crippen MR) is 104 cm³/mol. The van der Waals surface area contributed by atoms with Gasteiger partial charge in [0.1, 0.15) is 6.29 Å². The number of rotatable bonds is 5. The Bertz CT molecular complexity index is 608. The van der Waals surface area contributed by atoms with E-state index in [0.717, 1.165) is 51.9 Å². The molecular formula is C17H34N6O3S. The minimum absolute atomic E-state index is 0.0572. The second-order valence-corrected chi connectivity index (χ2v) is 10.3. The van der Waals surface area contributed by atoms with E-state index >= 15 is 0 Å². The highest BCUT2D eigenvalue weighted by Gasteiger charge is 2.40. The number of sulfone groups is 1. The summed E-state index contributed by atoms with van der Waals surface area (Å²) in [6.07, 6.45) is 5.38. The van der Waals surface area contributed by atoms with E-state index in [9.17, 15) is 13.2 Å². The van der Waals surface area contributed by atoms with Crippen molar-refractivity contribution >= 4 is 15.7 Å². The fourth-order valence-corrected chi connectivity index (χ4v) is 5.93. The monoisotopic (exact) mass is 402 g/mol. The molecule has 2 aliphatic heterocycles. The number of hydrogen-bond acceptors (Lipinski definition) is 8. The summed E-state index contributed by atoms with van der Waals surface area (Å²) in [5.41, 5.74) is 5.63. The molecule has 3 rings (SSSR count). The van der Waals surface area contributed by atoms with Gasteiger partial charge < -0.3 is 11.1 Å². The van der Waals surface area contributed by atoms with Crippen molar-refractivity contribution in [2.24, 2.45) is 11.7 Å². The second-order valence-electron chi connectivity index (χ2n) is 8.03. The van der Waals surface area contributed by atoms with Gasteiger partial charge in [0.05, 0.1) is 17.3 Å². The molecule has 1 aliphatic carbocycles. The lowest BCUT2D eigenvalue weighted by atomic mass is 9.93. The van der Waals surface area contributed by atoms with Gasteiger partial charge in [0.2, 0.25) is 5.91 Å². The fourth-order valence-electron chi connectivity index (χ4n) is 4.52. The molecule has 3 fully saturated rings. The van der Waals surface area contributed by atoms with Crippen LogP contribution >= 0.6 is 0 Å². The van der Waals surface area contributed by atoms with Crippen LogP contribution in [0.1, 0.15) is 32.1 Å². The fraction of sp³-hybridized carbons (Fsp3) is 0.941. The van der Waals surface area contributed by atoms with Crippen molar-refractivity contribution in [3.8, 4) is 0 Å². The molecule has 0 spiro atoms. The summed E-state index contributed by atoms with van der Waals surface area (Å²) in [6.45, 7) is 4.28.